The number of nitrogens with zero attached hydrogens (tertiary/aromatic N) is 3. The first-order valence-corrected chi connectivity index (χ1v) is 16.6. The summed E-state index contributed by atoms with van der Waals surface area (Å²) in [4.78, 5) is 0. The molecule has 0 fully saturated rings. The average Bonchev–Trinajstić information content (AvgIpc) is 3.51. The molecule has 0 N–H and O–H groups in total. The summed E-state index contributed by atoms with van der Waals surface area (Å²) in [5.74, 6) is 0.0650. The summed E-state index contributed by atoms with van der Waals surface area (Å²) in [6.45, 7) is 0. The number of nitriles is 2. The lowest BCUT2D eigenvalue weighted by molar-refractivity contribution is 0.795. The van der Waals surface area contributed by atoms with E-state index >= 15 is 0 Å². The molecule has 1 unspecified atom stereocenters. The number of benzene rings is 7. The molecule has 8 aromatic rings. The quantitative estimate of drug-likeness (QED) is 0.196. The highest BCUT2D eigenvalue weighted by Crippen LogP contribution is 2.48. The van der Waals surface area contributed by atoms with Gasteiger partial charge in [-0.05, 0) is 93.4 Å². The Kier molecular flexibility index (Phi) is 6.72. The molecular formula is C46H29N3. The van der Waals surface area contributed by atoms with E-state index in [9.17, 15) is 10.5 Å². The van der Waals surface area contributed by atoms with Crippen LogP contribution in [0.25, 0.3) is 60.9 Å². The summed E-state index contributed by atoms with van der Waals surface area (Å²) in [6, 6.07) is 59.9. The Balaban J connectivity index is 1.24. The van der Waals surface area contributed by atoms with Gasteiger partial charge in [0.25, 0.3) is 0 Å². The topological polar surface area (TPSA) is 52.5 Å². The molecule has 0 aliphatic heterocycles. The van der Waals surface area contributed by atoms with Gasteiger partial charge >= 0.3 is 0 Å². The molecule has 1 aliphatic carbocycles. The van der Waals surface area contributed by atoms with Gasteiger partial charge in [-0.15, -0.1) is 0 Å². The highest BCUT2D eigenvalue weighted by molar-refractivity contribution is 6.09. The lowest BCUT2D eigenvalue weighted by atomic mass is 9.72. The Morgan fingerprint density at radius 2 is 1.14 bits per heavy atom. The third-order valence-electron chi connectivity index (χ3n) is 10.1. The SMILES string of the molecule is N#Cc1ccc2c(c1)-c1ccccc1C(c1cccc(-c3ccc(-n4c5ccccc5c5ccccc54)cc3)c1-c1ccccc1C#N)C2. The van der Waals surface area contributed by atoms with Gasteiger partial charge < -0.3 is 4.57 Å². The minimum atomic E-state index is 0.0650. The van der Waals surface area contributed by atoms with E-state index in [1.807, 2.05) is 30.3 Å². The third kappa shape index (κ3) is 4.56. The molecule has 0 radical (unpaired) electrons. The van der Waals surface area contributed by atoms with E-state index in [4.69, 9.17) is 0 Å². The number of para-hydroxylation sites is 2. The van der Waals surface area contributed by atoms with Crippen molar-refractivity contribution in [2.45, 2.75) is 12.3 Å². The highest BCUT2D eigenvalue weighted by Gasteiger charge is 2.29. The maximum atomic E-state index is 10.3. The average molecular weight is 624 g/mol. The van der Waals surface area contributed by atoms with E-state index in [1.165, 1.54) is 38.5 Å². The minimum Gasteiger partial charge on any atom is -0.309 e. The van der Waals surface area contributed by atoms with Crippen LogP contribution in [0.2, 0.25) is 0 Å². The molecule has 0 saturated heterocycles. The standard InChI is InChI=1S/C46H29N3/c47-28-30-20-21-32-27-43(38-13-4-3-12-37(38)42(32)26-30)41-17-9-16-35(46(41)36-11-2-1-10-33(36)29-48)31-22-24-34(25-23-31)49-44-18-7-5-14-39(44)40-15-6-8-19-45(40)49/h1-26,43H,27H2. The summed E-state index contributed by atoms with van der Waals surface area (Å²) in [5.41, 5.74) is 14.9. The molecule has 7 aromatic carbocycles. The molecule has 0 bridgehead atoms. The molecular weight excluding hydrogens is 595 g/mol. The van der Waals surface area contributed by atoms with Gasteiger partial charge in [-0.25, -0.2) is 0 Å². The third-order valence-corrected chi connectivity index (χ3v) is 10.1. The van der Waals surface area contributed by atoms with Crippen LogP contribution in [0.3, 0.4) is 0 Å². The predicted octanol–water partition coefficient (Wildman–Crippen LogP) is 11.2. The molecule has 9 rings (SSSR count). The number of rotatable bonds is 4. The Morgan fingerprint density at radius 1 is 0.510 bits per heavy atom. The van der Waals surface area contributed by atoms with Crippen molar-refractivity contribution in [2.24, 2.45) is 0 Å². The fraction of sp³-hybridized carbons (Fsp3) is 0.0435. The van der Waals surface area contributed by atoms with Crippen molar-refractivity contribution in [1.29, 1.82) is 10.5 Å². The minimum absolute atomic E-state index is 0.0650. The smallest absolute Gasteiger partial charge is 0.0998 e. The predicted molar refractivity (Wildman–Crippen MR) is 199 cm³/mol. The van der Waals surface area contributed by atoms with Gasteiger partial charge in [0.1, 0.15) is 0 Å². The molecule has 228 valence electrons. The summed E-state index contributed by atoms with van der Waals surface area (Å²) in [7, 11) is 0. The molecule has 0 saturated carbocycles. The summed E-state index contributed by atoms with van der Waals surface area (Å²) >= 11 is 0. The van der Waals surface area contributed by atoms with E-state index in [0.717, 1.165) is 45.5 Å². The zero-order chi connectivity index (χ0) is 32.9. The Morgan fingerprint density at radius 3 is 1.88 bits per heavy atom. The second-order valence-corrected chi connectivity index (χ2v) is 12.7. The van der Waals surface area contributed by atoms with Crippen molar-refractivity contribution < 1.29 is 0 Å². The van der Waals surface area contributed by atoms with Crippen molar-refractivity contribution in [3.8, 4) is 51.2 Å². The van der Waals surface area contributed by atoms with Crippen molar-refractivity contribution >= 4 is 21.8 Å². The molecule has 0 amide bonds. The largest absolute Gasteiger partial charge is 0.309 e. The van der Waals surface area contributed by atoms with Crippen LogP contribution < -0.4 is 0 Å². The van der Waals surface area contributed by atoms with Gasteiger partial charge in [-0.3, -0.25) is 0 Å². The molecule has 1 aromatic heterocycles. The number of fused-ring (bicyclic) bond motifs is 6. The van der Waals surface area contributed by atoms with Crippen LogP contribution in [0, 0.1) is 22.7 Å². The van der Waals surface area contributed by atoms with Crippen molar-refractivity contribution in [3.05, 3.63) is 186 Å². The zero-order valence-corrected chi connectivity index (χ0v) is 26.6. The van der Waals surface area contributed by atoms with E-state index in [2.05, 4.69) is 144 Å². The van der Waals surface area contributed by atoms with Crippen molar-refractivity contribution in [3.63, 3.8) is 0 Å². The van der Waals surface area contributed by atoms with Gasteiger partial charge in [-0.1, -0.05) is 115 Å². The molecule has 1 atom stereocenters. The monoisotopic (exact) mass is 623 g/mol. The Hall–Kier alpha value is -6.68. The van der Waals surface area contributed by atoms with Crippen molar-refractivity contribution in [2.75, 3.05) is 0 Å². The van der Waals surface area contributed by atoms with Crippen LogP contribution in [-0.4, -0.2) is 4.57 Å². The number of aromatic nitrogens is 1. The lowest BCUT2D eigenvalue weighted by Crippen LogP contribution is -2.14. The lowest BCUT2D eigenvalue weighted by Gasteiger charge is -2.31. The fourth-order valence-electron chi connectivity index (χ4n) is 7.92. The maximum absolute atomic E-state index is 10.3. The van der Waals surface area contributed by atoms with Crippen molar-refractivity contribution in [1.82, 2.24) is 4.57 Å². The second kappa shape index (κ2) is 11.5. The van der Waals surface area contributed by atoms with Crippen LogP contribution in [-0.2, 0) is 6.42 Å². The molecule has 49 heavy (non-hydrogen) atoms. The summed E-state index contributed by atoms with van der Waals surface area (Å²) < 4.78 is 2.34. The first-order valence-electron chi connectivity index (χ1n) is 16.6. The molecule has 3 heteroatoms. The second-order valence-electron chi connectivity index (χ2n) is 12.7. The fourth-order valence-corrected chi connectivity index (χ4v) is 7.92. The van der Waals surface area contributed by atoms with E-state index in [0.29, 0.717) is 11.1 Å². The van der Waals surface area contributed by atoms with Gasteiger partial charge in [0.2, 0.25) is 0 Å². The molecule has 0 spiro atoms. The summed E-state index contributed by atoms with van der Waals surface area (Å²) in [6.07, 6.45) is 0.802. The van der Waals surface area contributed by atoms with E-state index in [-0.39, 0.29) is 5.92 Å². The highest BCUT2D eigenvalue weighted by atomic mass is 15.0. The van der Waals surface area contributed by atoms with Gasteiger partial charge in [0.15, 0.2) is 0 Å². The normalized spacial score (nSPS) is 13.4. The molecule has 1 aliphatic rings. The number of hydrogen-bond acceptors (Lipinski definition) is 2. The first-order chi connectivity index (χ1) is 24.2. The van der Waals surface area contributed by atoms with Gasteiger partial charge in [0, 0.05) is 27.9 Å². The maximum Gasteiger partial charge on any atom is 0.0998 e. The zero-order valence-electron chi connectivity index (χ0n) is 26.6. The first kappa shape index (κ1) is 28.5. The summed E-state index contributed by atoms with van der Waals surface area (Å²) in [5, 5.41) is 22.4. The van der Waals surface area contributed by atoms with Gasteiger partial charge in [0.05, 0.1) is 34.3 Å². The van der Waals surface area contributed by atoms with Gasteiger partial charge in [-0.2, -0.15) is 10.5 Å². The van der Waals surface area contributed by atoms with E-state index < -0.39 is 0 Å². The van der Waals surface area contributed by atoms with Crippen LogP contribution in [0.15, 0.2) is 158 Å². The van der Waals surface area contributed by atoms with Crippen LogP contribution in [0.1, 0.15) is 33.7 Å². The van der Waals surface area contributed by atoms with Crippen LogP contribution >= 0.6 is 0 Å². The van der Waals surface area contributed by atoms with Crippen LogP contribution in [0.5, 0.6) is 0 Å². The molecule has 1 heterocycles. The van der Waals surface area contributed by atoms with Crippen LogP contribution in [0.4, 0.5) is 0 Å². The molecule has 3 nitrogen and oxygen atoms in total. The van der Waals surface area contributed by atoms with E-state index in [1.54, 1.807) is 0 Å². The Bertz CT molecular complexity index is 2610. The number of hydrogen-bond donors (Lipinski definition) is 0. The Labute approximate surface area is 285 Å².